The SMILES string of the molecule is Cn1ncc2c(Cl)nc(CN3CCC(C(C)(C)C)C3)nc21. The van der Waals surface area contributed by atoms with Crippen molar-refractivity contribution in [1.82, 2.24) is 24.6 Å². The molecule has 114 valence electrons. The molecule has 0 amide bonds. The number of rotatable bonds is 2. The standard InChI is InChI=1S/C15H22ClN5/c1-15(2,3)10-5-6-21(8-10)9-12-18-13(16)11-7-17-20(4)14(11)19-12/h7,10H,5-6,8-9H2,1-4H3. The third-order valence-electron chi connectivity index (χ3n) is 4.45. The van der Waals surface area contributed by atoms with E-state index >= 15 is 0 Å². The zero-order valence-corrected chi connectivity index (χ0v) is 13.9. The molecule has 0 spiro atoms. The summed E-state index contributed by atoms with van der Waals surface area (Å²) >= 11 is 6.24. The molecule has 0 aliphatic carbocycles. The van der Waals surface area contributed by atoms with E-state index in [1.807, 2.05) is 7.05 Å². The van der Waals surface area contributed by atoms with Crippen LogP contribution < -0.4 is 0 Å². The lowest BCUT2D eigenvalue weighted by Crippen LogP contribution is -2.26. The summed E-state index contributed by atoms with van der Waals surface area (Å²) in [6.45, 7) is 9.91. The third-order valence-corrected chi connectivity index (χ3v) is 4.74. The summed E-state index contributed by atoms with van der Waals surface area (Å²) in [6.07, 6.45) is 2.96. The van der Waals surface area contributed by atoms with Gasteiger partial charge in [0.15, 0.2) is 5.65 Å². The van der Waals surface area contributed by atoms with Crippen molar-refractivity contribution in [3.05, 3.63) is 17.2 Å². The highest BCUT2D eigenvalue weighted by molar-refractivity contribution is 6.33. The number of hydrogen-bond donors (Lipinski definition) is 0. The van der Waals surface area contributed by atoms with Crippen LogP contribution in [-0.2, 0) is 13.6 Å². The maximum Gasteiger partial charge on any atom is 0.162 e. The van der Waals surface area contributed by atoms with Crippen LogP contribution in [0, 0.1) is 11.3 Å². The number of likely N-dealkylation sites (tertiary alicyclic amines) is 1. The van der Waals surface area contributed by atoms with Gasteiger partial charge in [0.2, 0.25) is 0 Å². The van der Waals surface area contributed by atoms with Crippen molar-refractivity contribution in [2.45, 2.75) is 33.7 Å². The Labute approximate surface area is 130 Å². The second kappa shape index (κ2) is 5.21. The molecule has 1 saturated heterocycles. The first-order valence-corrected chi connectivity index (χ1v) is 7.79. The van der Waals surface area contributed by atoms with Crippen LogP contribution in [0.2, 0.25) is 5.15 Å². The Kier molecular flexibility index (Phi) is 3.66. The van der Waals surface area contributed by atoms with Gasteiger partial charge in [0.25, 0.3) is 0 Å². The van der Waals surface area contributed by atoms with Crippen molar-refractivity contribution >= 4 is 22.6 Å². The van der Waals surface area contributed by atoms with Crippen molar-refractivity contribution in [3.63, 3.8) is 0 Å². The van der Waals surface area contributed by atoms with Gasteiger partial charge in [0.1, 0.15) is 11.0 Å². The number of hydrogen-bond acceptors (Lipinski definition) is 4. The molecule has 1 fully saturated rings. The number of fused-ring (bicyclic) bond motifs is 1. The predicted molar refractivity (Wildman–Crippen MR) is 84.2 cm³/mol. The molecule has 1 aliphatic rings. The summed E-state index contributed by atoms with van der Waals surface area (Å²) in [5, 5.41) is 5.50. The molecule has 21 heavy (non-hydrogen) atoms. The topological polar surface area (TPSA) is 46.8 Å². The highest BCUT2D eigenvalue weighted by atomic mass is 35.5. The zero-order valence-electron chi connectivity index (χ0n) is 13.1. The quantitative estimate of drug-likeness (QED) is 0.800. The minimum absolute atomic E-state index is 0.360. The van der Waals surface area contributed by atoms with Crippen LogP contribution in [0.25, 0.3) is 11.0 Å². The molecule has 0 aromatic carbocycles. The van der Waals surface area contributed by atoms with Gasteiger partial charge in [-0.2, -0.15) is 5.10 Å². The number of nitrogens with zero attached hydrogens (tertiary/aromatic N) is 5. The molecule has 3 rings (SSSR count). The van der Waals surface area contributed by atoms with Crippen LogP contribution >= 0.6 is 11.6 Å². The molecule has 0 bridgehead atoms. The minimum Gasteiger partial charge on any atom is -0.296 e. The van der Waals surface area contributed by atoms with E-state index < -0.39 is 0 Å². The van der Waals surface area contributed by atoms with Crippen LogP contribution in [0.4, 0.5) is 0 Å². The Balaban J connectivity index is 1.78. The van der Waals surface area contributed by atoms with Crippen molar-refractivity contribution in [2.75, 3.05) is 13.1 Å². The third kappa shape index (κ3) is 2.90. The summed E-state index contributed by atoms with van der Waals surface area (Å²) in [4.78, 5) is 11.5. The molecule has 0 saturated carbocycles. The number of halogens is 1. The van der Waals surface area contributed by atoms with E-state index in [1.54, 1.807) is 10.9 Å². The second-order valence-electron chi connectivity index (χ2n) is 7.02. The fraction of sp³-hybridized carbons (Fsp3) is 0.667. The fourth-order valence-electron chi connectivity index (χ4n) is 2.98. The van der Waals surface area contributed by atoms with E-state index in [9.17, 15) is 0 Å². The summed E-state index contributed by atoms with van der Waals surface area (Å²) < 4.78 is 1.74. The smallest absolute Gasteiger partial charge is 0.162 e. The first kappa shape index (κ1) is 14.7. The van der Waals surface area contributed by atoms with Crippen molar-refractivity contribution in [1.29, 1.82) is 0 Å². The lowest BCUT2D eigenvalue weighted by molar-refractivity contribution is 0.224. The van der Waals surface area contributed by atoms with Gasteiger partial charge in [-0.1, -0.05) is 32.4 Å². The highest BCUT2D eigenvalue weighted by Crippen LogP contribution is 2.34. The van der Waals surface area contributed by atoms with Crippen molar-refractivity contribution in [3.8, 4) is 0 Å². The van der Waals surface area contributed by atoms with Gasteiger partial charge >= 0.3 is 0 Å². The first-order chi connectivity index (χ1) is 9.84. The maximum atomic E-state index is 6.24. The van der Waals surface area contributed by atoms with Crippen LogP contribution in [-0.4, -0.2) is 37.7 Å². The van der Waals surface area contributed by atoms with Gasteiger partial charge in [-0.05, 0) is 24.3 Å². The normalized spacial score (nSPS) is 20.5. The van der Waals surface area contributed by atoms with E-state index in [0.29, 0.717) is 10.6 Å². The van der Waals surface area contributed by atoms with E-state index in [4.69, 9.17) is 11.6 Å². The lowest BCUT2D eigenvalue weighted by atomic mass is 9.80. The molecule has 3 heterocycles. The zero-order chi connectivity index (χ0) is 15.2. The van der Waals surface area contributed by atoms with Crippen molar-refractivity contribution in [2.24, 2.45) is 18.4 Å². The molecular weight excluding hydrogens is 286 g/mol. The molecule has 1 unspecified atom stereocenters. The number of aromatic nitrogens is 4. The van der Waals surface area contributed by atoms with Crippen LogP contribution in [0.15, 0.2) is 6.20 Å². The van der Waals surface area contributed by atoms with E-state index in [1.165, 1.54) is 6.42 Å². The summed E-state index contributed by atoms with van der Waals surface area (Å²) in [7, 11) is 1.88. The van der Waals surface area contributed by atoms with Gasteiger partial charge in [-0.15, -0.1) is 0 Å². The van der Waals surface area contributed by atoms with Gasteiger partial charge in [-0.3, -0.25) is 9.58 Å². The van der Waals surface area contributed by atoms with E-state index in [-0.39, 0.29) is 0 Å². The minimum atomic E-state index is 0.360. The average Bonchev–Trinajstić information content (AvgIpc) is 2.97. The second-order valence-corrected chi connectivity index (χ2v) is 7.38. The van der Waals surface area contributed by atoms with Crippen LogP contribution in [0.3, 0.4) is 0 Å². The molecule has 0 N–H and O–H groups in total. The highest BCUT2D eigenvalue weighted by Gasteiger charge is 2.32. The van der Waals surface area contributed by atoms with Gasteiger partial charge < -0.3 is 0 Å². The van der Waals surface area contributed by atoms with Crippen molar-refractivity contribution < 1.29 is 0 Å². The van der Waals surface area contributed by atoms with Gasteiger partial charge in [0.05, 0.1) is 18.1 Å². The summed E-state index contributed by atoms with van der Waals surface area (Å²) in [5.41, 5.74) is 1.16. The summed E-state index contributed by atoms with van der Waals surface area (Å²) in [5.74, 6) is 1.51. The van der Waals surface area contributed by atoms with Gasteiger partial charge in [-0.25, -0.2) is 9.97 Å². The molecule has 1 aliphatic heterocycles. The largest absolute Gasteiger partial charge is 0.296 e. The first-order valence-electron chi connectivity index (χ1n) is 7.41. The molecule has 5 nitrogen and oxygen atoms in total. The fourth-order valence-corrected chi connectivity index (χ4v) is 3.21. The lowest BCUT2D eigenvalue weighted by Gasteiger charge is -2.27. The Morgan fingerprint density at radius 1 is 1.33 bits per heavy atom. The van der Waals surface area contributed by atoms with Gasteiger partial charge in [0, 0.05) is 13.6 Å². The molecule has 1 atom stereocenters. The molecule has 0 radical (unpaired) electrons. The Bertz CT molecular complexity index is 658. The molecule has 2 aromatic rings. The monoisotopic (exact) mass is 307 g/mol. The summed E-state index contributed by atoms with van der Waals surface area (Å²) in [6, 6.07) is 0. The van der Waals surface area contributed by atoms with Crippen LogP contribution in [0.5, 0.6) is 0 Å². The Morgan fingerprint density at radius 2 is 2.10 bits per heavy atom. The van der Waals surface area contributed by atoms with Crippen LogP contribution in [0.1, 0.15) is 33.0 Å². The van der Waals surface area contributed by atoms with E-state index in [0.717, 1.165) is 42.4 Å². The molecule has 2 aromatic heterocycles. The predicted octanol–water partition coefficient (Wildman–Crippen LogP) is 2.88. The Morgan fingerprint density at radius 3 is 2.76 bits per heavy atom. The Hall–Kier alpha value is -1.20. The molecular formula is C15H22ClN5. The molecule has 6 heteroatoms. The average molecular weight is 308 g/mol. The maximum absolute atomic E-state index is 6.24. The van der Waals surface area contributed by atoms with E-state index in [2.05, 4.69) is 40.7 Å². The number of aryl methyl sites for hydroxylation is 1.